The molecule has 1 aliphatic carbocycles. The Morgan fingerprint density at radius 2 is 2.00 bits per heavy atom. The van der Waals surface area contributed by atoms with Gasteiger partial charge in [0.15, 0.2) is 0 Å². The van der Waals surface area contributed by atoms with Crippen LogP contribution in [0.4, 0.5) is 0 Å². The lowest BCUT2D eigenvalue weighted by molar-refractivity contribution is 0.551. The summed E-state index contributed by atoms with van der Waals surface area (Å²) in [7, 11) is -3.63. The third-order valence-electron chi connectivity index (χ3n) is 1.81. The van der Waals surface area contributed by atoms with Crippen molar-refractivity contribution >= 4 is 10.0 Å². The van der Waals surface area contributed by atoms with Gasteiger partial charge in [-0.25, -0.2) is 13.6 Å². The molecule has 0 saturated carbocycles. The smallest absolute Gasteiger partial charge is 0.238 e. The summed E-state index contributed by atoms with van der Waals surface area (Å²) in [5, 5.41) is 5.01. The average molecular weight is 197 g/mol. The minimum absolute atomic E-state index is 0.137. The van der Waals surface area contributed by atoms with Crippen LogP contribution < -0.4 is 5.14 Å². The van der Waals surface area contributed by atoms with E-state index in [9.17, 15) is 8.42 Å². The molecule has 0 spiro atoms. The zero-order valence-electron chi connectivity index (χ0n) is 6.60. The molecule has 0 unspecified atom stereocenters. The minimum atomic E-state index is -3.63. The fraction of sp³-hybridized carbons (Fsp3) is 0. The van der Waals surface area contributed by atoms with Crippen LogP contribution in [0.5, 0.6) is 0 Å². The summed E-state index contributed by atoms with van der Waals surface area (Å²) in [6, 6.07) is 4.70. The van der Waals surface area contributed by atoms with E-state index in [0.717, 1.165) is 5.56 Å². The number of sulfonamides is 1. The van der Waals surface area contributed by atoms with E-state index in [4.69, 9.17) is 9.56 Å². The monoisotopic (exact) mass is 197 g/mol. The van der Waals surface area contributed by atoms with Gasteiger partial charge in [0, 0.05) is 11.1 Å². The predicted octanol–water partition coefficient (Wildman–Crippen LogP) is 1.03. The van der Waals surface area contributed by atoms with Crippen molar-refractivity contribution in [3.63, 3.8) is 0 Å². The van der Waals surface area contributed by atoms with E-state index in [1.54, 1.807) is 12.1 Å². The Balaban J connectivity index is 2.76. The van der Waals surface area contributed by atoms with Crippen LogP contribution in [-0.4, -0.2) is 8.42 Å². The highest BCUT2D eigenvalue weighted by molar-refractivity contribution is 7.89. The van der Waals surface area contributed by atoms with Gasteiger partial charge in [-0.15, -0.1) is 0 Å². The Morgan fingerprint density at radius 3 is 2.69 bits per heavy atom. The Bertz CT molecular complexity index is 500. The highest BCUT2D eigenvalue weighted by Crippen LogP contribution is 2.29. The fourth-order valence-corrected chi connectivity index (χ4v) is 1.99. The Labute approximate surface area is 75.4 Å². The van der Waals surface area contributed by atoms with Gasteiger partial charge in [0.1, 0.15) is 0 Å². The summed E-state index contributed by atoms with van der Waals surface area (Å²) in [6.45, 7) is 0. The number of hydrogen-bond donors (Lipinski definition) is 1. The van der Waals surface area contributed by atoms with Gasteiger partial charge < -0.3 is 4.42 Å². The average Bonchev–Trinajstić information content (AvgIpc) is 2.45. The molecule has 13 heavy (non-hydrogen) atoms. The second-order valence-corrected chi connectivity index (χ2v) is 4.20. The van der Waals surface area contributed by atoms with E-state index in [-0.39, 0.29) is 4.90 Å². The predicted molar refractivity (Wildman–Crippen MR) is 46.7 cm³/mol. The summed E-state index contributed by atoms with van der Waals surface area (Å²) < 4.78 is 27.0. The van der Waals surface area contributed by atoms with Crippen LogP contribution >= 0.6 is 0 Å². The first-order valence-electron chi connectivity index (χ1n) is 3.57. The third-order valence-corrected chi connectivity index (χ3v) is 2.77. The van der Waals surface area contributed by atoms with Crippen molar-refractivity contribution < 1.29 is 12.8 Å². The van der Waals surface area contributed by atoms with Crippen LogP contribution in [0, 0.1) is 0 Å². The molecule has 68 valence electrons. The fourth-order valence-electron chi connectivity index (χ4n) is 1.24. The highest BCUT2D eigenvalue weighted by Gasteiger charge is 2.17. The molecular formula is C8H7NO3S. The van der Waals surface area contributed by atoms with Gasteiger partial charge in [0.2, 0.25) is 10.0 Å². The van der Waals surface area contributed by atoms with Crippen molar-refractivity contribution in [1.82, 2.24) is 0 Å². The summed E-state index contributed by atoms with van der Waals surface area (Å²) in [4.78, 5) is 0.137. The lowest BCUT2D eigenvalue weighted by Crippen LogP contribution is -2.11. The molecule has 0 aromatic rings. The molecule has 0 radical (unpaired) electrons. The van der Waals surface area contributed by atoms with Crippen molar-refractivity contribution in [2.45, 2.75) is 4.90 Å². The van der Waals surface area contributed by atoms with Crippen molar-refractivity contribution in [2.75, 3.05) is 0 Å². The zero-order chi connectivity index (χ0) is 9.47. The molecule has 0 aromatic carbocycles. The first-order chi connectivity index (χ1) is 6.09. The molecule has 0 amide bonds. The number of hydrogen-bond acceptors (Lipinski definition) is 3. The topological polar surface area (TPSA) is 73.3 Å². The molecule has 4 nitrogen and oxygen atoms in total. The largest absolute Gasteiger partial charge is 0.472 e. The number of rotatable bonds is 1. The molecule has 0 atom stereocenters. The molecule has 0 bridgehead atoms. The quantitative estimate of drug-likeness (QED) is 0.742. The summed E-state index contributed by atoms with van der Waals surface area (Å²) in [5.41, 5.74) is 1.32. The van der Waals surface area contributed by atoms with Crippen LogP contribution in [0.1, 0.15) is 0 Å². The molecule has 2 rings (SSSR count). The van der Waals surface area contributed by atoms with Gasteiger partial charge in [-0.3, -0.25) is 0 Å². The van der Waals surface area contributed by atoms with Gasteiger partial charge in [-0.05, 0) is 18.2 Å². The number of primary sulfonamides is 1. The van der Waals surface area contributed by atoms with E-state index in [1.165, 1.54) is 18.6 Å². The lowest BCUT2D eigenvalue weighted by Gasteiger charge is -1.99. The van der Waals surface area contributed by atoms with Crippen LogP contribution in [-0.2, 0) is 10.0 Å². The lowest BCUT2D eigenvalue weighted by atomic mass is 10.2. The number of nitrogens with two attached hydrogens (primary N) is 1. The second-order valence-electron chi connectivity index (χ2n) is 2.67. The Kier molecular flexibility index (Phi) is 1.64. The molecule has 1 heterocycles. The van der Waals surface area contributed by atoms with Crippen LogP contribution in [0.15, 0.2) is 40.0 Å². The molecule has 0 fully saturated rings. The van der Waals surface area contributed by atoms with Crippen molar-refractivity contribution in [3.8, 4) is 11.1 Å². The van der Waals surface area contributed by atoms with Crippen molar-refractivity contribution in [3.05, 3.63) is 30.7 Å². The standard InChI is InChI=1S/C8H7NO3S/c9-13(10,11)8-2-1-6-5-12-4-3-7(6)8/h1-5H,(H2,9,10,11). The molecule has 0 saturated heterocycles. The Hall–Kier alpha value is -1.33. The number of fused-ring (bicyclic) bond motifs is 1. The summed E-state index contributed by atoms with van der Waals surface area (Å²) in [5.74, 6) is 0. The van der Waals surface area contributed by atoms with Crippen LogP contribution in [0.3, 0.4) is 0 Å². The molecule has 0 aromatic heterocycles. The highest BCUT2D eigenvalue weighted by atomic mass is 32.2. The molecule has 2 aliphatic rings. The SMILES string of the molecule is NS(=O)(=O)c1ccc2coccc1-2. The zero-order valence-corrected chi connectivity index (χ0v) is 7.41. The maximum Gasteiger partial charge on any atom is 0.238 e. The molecule has 5 heteroatoms. The van der Waals surface area contributed by atoms with Gasteiger partial charge in [-0.1, -0.05) is 0 Å². The maximum atomic E-state index is 11.1. The van der Waals surface area contributed by atoms with Gasteiger partial charge in [0.25, 0.3) is 0 Å². The van der Waals surface area contributed by atoms with Gasteiger partial charge >= 0.3 is 0 Å². The van der Waals surface area contributed by atoms with E-state index in [2.05, 4.69) is 0 Å². The summed E-state index contributed by atoms with van der Waals surface area (Å²) in [6.07, 6.45) is 2.89. The molecule has 2 N–H and O–H groups in total. The van der Waals surface area contributed by atoms with E-state index in [1.807, 2.05) is 0 Å². The maximum absolute atomic E-state index is 11.1. The second kappa shape index (κ2) is 2.58. The molecular weight excluding hydrogens is 190 g/mol. The molecule has 1 aliphatic heterocycles. The van der Waals surface area contributed by atoms with E-state index < -0.39 is 10.0 Å². The van der Waals surface area contributed by atoms with E-state index in [0.29, 0.717) is 5.56 Å². The third kappa shape index (κ3) is 1.32. The first kappa shape index (κ1) is 8.28. The van der Waals surface area contributed by atoms with Crippen molar-refractivity contribution in [1.29, 1.82) is 0 Å². The van der Waals surface area contributed by atoms with Crippen molar-refractivity contribution in [2.24, 2.45) is 5.14 Å². The minimum Gasteiger partial charge on any atom is -0.472 e. The summed E-state index contributed by atoms with van der Waals surface area (Å²) >= 11 is 0. The van der Waals surface area contributed by atoms with Crippen LogP contribution in [0.2, 0.25) is 0 Å². The van der Waals surface area contributed by atoms with Gasteiger partial charge in [0.05, 0.1) is 17.4 Å². The van der Waals surface area contributed by atoms with E-state index >= 15 is 0 Å². The first-order valence-corrected chi connectivity index (χ1v) is 5.11. The Morgan fingerprint density at radius 1 is 1.23 bits per heavy atom. The van der Waals surface area contributed by atoms with Gasteiger partial charge in [-0.2, -0.15) is 0 Å². The van der Waals surface area contributed by atoms with Crippen LogP contribution in [0.25, 0.3) is 11.1 Å². The normalized spacial score (nSPS) is 12.1.